The van der Waals surface area contributed by atoms with Crippen molar-refractivity contribution >= 4 is 29.2 Å². The highest BCUT2D eigenvalue weighted by atomic mass is 35.5. The minimum absolute atomic E-state index is 0.385. The third kappa shape index (κ3) is 6.75. The lowest BCUT2D eigenvalue weighted by Crippen LogP contribution is -2.39. The maximum absolute atomic E-state index is 10.9. The Bertz CT molecular complexity index is 873. The summed E-state index contributed by atoms with van der Waals surface area (Å²) in [4.78, 5) is 16.7. The standard InChI is InChI=1S/C21H23Cl2NO6/c1-14(30-24-6-8-27-9-7-24)29-20-5-3-18(23)12-16(20)10-15-11-17(22)2-4-19(15)28-13-21(25)26/h2-5,11-12,14H,6-10,13H2,1H3,(H,25,26). The van der Waals surface area contributed by atoms with Crippen LogP contribution in [0.5, 0.6) is 11.5 Å². The molecule has 0 aliphatic carbocycles. The highest BCUT2D eigenvalue weighted by molar-refractivity contribution is 6.31. The number of hydrogen-bond donors (Lipinski definition) is 1. The summed E-state index contributed by atoms with van der Waals surface area (Å²) >= 11 is 12.3. The number of halogens is 2. The Hall–Kier alpha value is -2.03. The number of aliphatic carboxylic acids is 1. The van der Waals surface area contributed by atoms with E-state index in [0.29, 0.717) is 54.3 Å². The molecule has 2 aromatic rings. The van der Waals surface area contributed by atoms with Crippen LogP contribution in [0.4, 0.5) is 0 Å². The van der Waals surface area contributed by atoms with Crippen molar-refractivity contribution in [2.45, 2.75) is 19.6 Å². The molecule has 0 radical (unpaired) electrons. The van der Waals surface area contributed by atoms with Crippen LogP contribution in [0, 0.1) is 0 Å². The molecule has 0 spiro atoms. The first-order valence-corrected chi connectivity index (χ1v) is 10.2. The summed E-state index contributed by atoms with van der Waals surface area (Å²) in [6.45, 7) is 3.95. The van der Waals surface area contributed by atoms with Gasteiger partial charge in [-0.05, 0) is 43.3 Å². The summed E-state index contributed by atoms with van der Waals surface area (Å²) in [6, 6.07) is 10.3. The summed E-state index contributed by atoms with van der Waals surface area (Å²) in [7, 11) is 0. The molecule has 0 amide bonds. The molecule has 1 heterocycles. The predicted molar refractivity (Wildman–Crippen MR) is 112 cm³/mol. The fourth-order valence-electron chi connectivity index (χ4n) is 3.04. The molecule has 30 heavy (non-hydrogen) atoms. The molecule has 0 saturated carbocycles. The minimum Gasteiger partial charge on any atom is -0.482 e. The van der Waals surface area contributed by atoms with Crippen LogP contribution in [0.15, 0.2) is 36.4 Å². The van der Waals surface area contributed by atoms with Gasteiger partial charge in [-0.3, -0.25) is 4.84 Å². The maximum Gasteiger partial charge on any atom is 0.341 e. The molecule has 1 fully saturated rings. The molecule has 1 atom stereocenters. The highest BCUT2D eigenvalue weighted by Gasteiger charge is 2.18. The van der Waals surface area contributed by atoms with E-state index in [9.17, 15) is 4.79 Å². The van der Waals surface area contributed by atoms with Gasteiger partial charge in [0.05, 0.1) is 13.2 Å². The fourth-order valence-corrected chi connectivity index (χ4v) is 3.42. The van der Waals surface area contributed by atoms with Gasteiger partial charge in [-0.25, -0.2) is 4.79 Å². The van der Waals surface area contributed by atoms with Gasteiger partial charge in [0.15, 0.2) is 6.61 Å². The molecule has 3 rings (SSSR count). The van der Waals surface area contributed by atoms with E-state index in [0.717, 1.165) is 11.1 Å². The van der Waals surface area contributed by atoms with Crippen LogP contribution < -0.4 is 9.47 Å². The van der Waals surface area contributed by atoms with E-state index >= 15 is 0 Å². The monoisotopic (exact) mass is 455 g/mol. The third-order valence-corrected chi connectivity index (χ3v) is 4.81. The number of ether oxygens (including phenoxy) is 3. The average molecular weight is 456 g/mol. The van der Waals surface area contributed by atoms with Gasteiger partial charge in [0.2, 0.25) is 6.29 Å². The van der Waals surface area contributed by atoms with Crippen LogP contribution in [0.1, 0.15) is 18.1 Å². The molecular formula is C21H23Cl2NO6. The van der Waals surface area contributed by atoms with Gasteiger partial charge in [-0.15, -0.1) is 0 Å². The van der Waals surface area contributed by atoms with E-state index < -0.39 is 18.9 Å². The van der Waals surface area contributed by atoms with E-state index in [1.165, 1.54) is 0 Å². The van der Waals surface area contributed by atoms with Crippen LogP contribution in [-0.4, -0.2) is 55.3 Å². The Morgan fingerprint density at radius 1 is 1.10 bits per heavy atom. The largest absolute Gasteiger partial charge is 0.482 e. The number of morpholine rings is 1. The predicted octanol–water partition coefficient (Wildman–Crippen LogP) is 4.04. The van der Waals surface area contributed by atoms with Crippen molar-refractivity contribution in [3.63, 3.8) is 0 Å². The number of rotatable bonds is 9. The van der Waals surface area contributed by atoms with Crippen molar-refractivity contribution in [1.29, 1.82) is 0 Å². The zero-order chi connectivity index (χ0) is 21.5. The molecule has 0 aromatic heterocycles. The number of hydroxylamine groups is 2. The summed E-state index contributed by atoms with van der Waals surface area (Å²) in [5.74, 6) is -0.0218. The Balaban J connectivity index is 1.76. The molecule has 1 N–H and O–H groups in total. The summed E-state index contributed by atoms with van der Waals surface area (Å²) in [5, 5.41) is 11.8. The van der Waals surface area contributed by atoms with E-state index in [2.05, 4.69) is 0 Å². The van der Waals surface area contributed by atoms with Gasteiger partial charge in [-0.2, -0.15) is 5.06 Å². The number of carbonyl (C=O) groups is 1. The minimum atomic E-state index is -1.06. The Morgan fingerprint density at radius 3 is 2.33 bits per heavy atom. The van der Waals surface area contributed by atoms with Gasteiger partial charge >= 0.3 is 5.97 Å². The molecule has 162 valence electrons. The molecule has 1 saturated heterocycles. The topological polar surface area (TPSA) is 77.5 Å². The van der Waals surface area contributed by atoms with Crippen molar-refractivity contribution in [3.05, 3.63) is 57.6 Å². The Labute approximate surface area is 184 Å². The third-order valence-electron chi connectivity index (χ3n) is 4.34. The molecule has 7 nitrogen and oxygen atoms in total. The second kappa shape index (κ2) is 10.8. The van der Waals surface area contributed by atoms with Gasteiger partial charge in [0, 0.05) is 40.7 Å². The maximum atomic E-state index is 10.9. The smallest absolute Gasteiger partial charge is 0.341 e. The first-order valence-electron chi connectivity index (χ1n) is 9.48. The summed E-state index contributed by atoms with van der Waals surface area (Å²) in [6.07, 6.45) is -0.138. The lowest BCUT2D eigenvalue weighted by Gasteiger charge is -2.29. The first kappa shape index (κ1) is 22.7. The number of carboxylic acid groups (broad SMARTS) is 1. The molecule has 2 aromatic carbocycles. The van der Waals surface area contributed by atoms with Crippen molar-refractivity contribution in [1.82, 2.24) is 5.06 Å². The normalized spacial score (nSPS) is 15.6. The van der Waals surface area contributed by atoms with E-state index in [-0.39, 0.29) is 0 Å². The van der Waals surface area contributed by atoms with Gasteiger partial charge in [0.25, 0.3) is 0 Å². The quantitative estimate of drug-likeness (QED) is 0.571. The van der Waals surface area contributed by atoms with Crippen LogP contribution in [0.25, 0.3) is 0 Å². The number of nitrogens with zero attached hydrogens (tertiary/aromatic N) is 1. The first-order chi connectivity index (χ1) is 14.4. The van der Waals surface area contributed by atoms with E-state index in [1.54, 1.807) is 36.4 Å². The zero-order valence-corrected chi connectivity index (χ0v) is 18.0. The summed E-state index contributed by atoms with van der Waals surface area (Å²) < 4.78 is 16.7. The Morgan fingerprint density at radius 2 is 1.70 bits per heavy atom. The highest BCUT2D eigenvalue weighted by Crippen LogP contribution is 2.31. The fraction of sp³-hybridized carbons (Fsp3) is 0.381. The van der Waals surface area contributed by atoms with Crippen LogP contribution in [0.2, 0.25) is 10.0 Å². The lowest BCUT2D eigenvalue weighted by atomic mass is 10.0. The number of benzene rings is 2. The second-order valence-corrected chi connectivity index (χ2v) is 7.57. The second-order valence-electron chi connectivity index (χ2n) is 6.70. The zero-order valence-electron chi connectivity index (χ0n) is 16.5. The van der Waals surface area contributed by atoms with Gasteiger partial charge in [0.1, 0.15) is 11.5 Å². The lowest BCUT2D eigenvalue weighted by molar-refractivity contribution is -0.265. The SMILES string of the molecule is CC(Oc1ccc(Cl)cc1Cc1cc(Cl)ccc1OCC(=O)O)ON1CCOCC1. The van der Waals surface area contributed by atoms with Crippen molar-refractivity contribution in [3.8, 4) is 11.5 Å². The molecule has 1 aliphatic rings. The average Bonchev–Trinajstić information content (AvgIpc) is 2.70. The van der Waals surface area contributed by atoms with Crippen LogP contribution in [-0.2, 0) is 20.8 Å². The van der Waals surface area contributed by atoms with Gasteiger partial charge in [-0.1, -0.05) is 23.2 Å². The van der Waals surface area contributed by atoms with E-state index in [4.69, 9.17) is 47.4 Å². The number of carboxylic acids is 1. The molecular weight excluding hydrogens is 433 g/mol. The van der Waals surface area contributed by atoms with Crippen molar-refractivity contribution in [2.24, 2.45) is 0 Å². The molecule has 1 unspecified atom stereocenters. The molecule has 0 bridgehead atoms. The molecule has 1 aliphatic heterocycles. The molecule has 9 heteroatoms. The van der Waals surface area contributed by atoms with Crippen molar-refractivity contribution < 1.29 is 28.9 Å². The number of hydrogen-bond acceptors (Lipinski definition) is 6. The van der Waals surface area contributed by atoms with Gasteiger partial charge < -0.3 is 19.3 Å². The van der Waals surface area contributed by atoms with Crippen molar-refractivity contribution in [2.75, 3.05) is 32.9 Å². The Kier molecular flexibility index (Phi) is 8.18. The van der Waals surface area contributed by atoms with Crippen LogP contribution >= 0.6 is 23.2 Å². The summed E-state index contributed by atoms with van der Waals surface area (Å²) in [5.41, 5.74) is 1.51. The van der Waals surface area contributed by atoms with E-state index in [1.807, 2.05) is 12.0 Å². The van der Waals surface area contributed by atoms with Crippen LogP contribution in [0.3, 0.4) is 0 Å².